The zero-order chi connectivity index (χ0) is 16.1. The van der Waals surface area contributed by atoms with Gasteiger partial charge in [0.2, 0.25) is 0 Å². The van der Waals surface area contributed by atoms with Gasteiger partial charge in [-0.3, -0.25) is 0 Å². The fraction of sp³-hybridized carbons (Fsp3) is 0.0625. The summed E-state index contributed by atoms with van der Waals surface area (Å²) < 4.78 is 14.6. The van der Waals surface area contributed by atoms with Crippen LogP contribution in [0.1, 0.15) is 5.56 Å². The lowest BCUT2D eigenvalue weighted by Crippen LogP contribution is -2.07. The van der Waals surface area contributed by atoms with Gasteiger partial charge in [0.15, 0.2) is 0 Å². The second kappa shape index (κ2) is 6.53. The molecule has 0 spiro atoms. The van der Waals surface area contributed by atoms with E-state index in [-0.39, 0.29) is 16.9 Å². The van der Waals surface area contributed by atoms with E-state index in [9.17, 15) is 14.4 Å². The molecular formula is C16H12O6. The van der Waals surface area contributed by atoms with Gasteiger partial charge in [0.25, 0.3) is 0 Å². The maximum absolute atomic E-state index is 11.7. The van der Waals surface area contributed by atoms with Crippen LogP contribution < -0.4 is 10.4 Å². The summed E-state index contributed by atoms with van der Waals surface area (Å²) in [5.41, 5.74) is -0.00415. The van der Waals surface area contributed by atoms with Gasteiger partial charge in [-0.1, -0.05) is 18.7 Å². The van der Waals surface area contributed by atoms with Crippen molar-refractivity contribution in [1.82, 2.24) is 0 Å². The van der Waals surface area contributed by atoms with Gasteiger partial charge in [-0.15, -0.1) is 0 Å². The Morgan fingerprint density at radius 2 is 1.95 bits per heavy atom. The van der Waals surface area contributed by atoms with Crippen molar-refractivity contribution in [3.8, 4) is 5.75 Å². The van der Waals surface area contributed by atoms with Crippen LogP contribution in [-0.4, -0.2) is 19.0 Å². The predicted molar refractivity (Wildman–Crippen MR) is 79.4 cm³/mol. The van der Waals surface area contributed by atoms with Crippen molar-refractivity contribution in [3.05, 3.63) is 59.0 Å². The number of methoxy groups -OCH3 is 1. The van der Waals surface area contributed by atoms with E-state index in [2.05, 4.69) is 11.3 Å². The van der Waals surface area contributed by atoms with Crippen LogP contribution in [0.2, 0.25) is 0 Å². The molecule has 1 aromatic heterocycles. The van der Waals surface area contributed by atoms with E-state index in [1.165, 1.54) is 19.3 Å². The summed E-state index contributed by atoms with van der Waals surface area (Å²) in [6.07, 6.45) is 3.24. The molecule has 112 valence electrons. The van der Waals surface area contributed by atoms with E-state index in [0.717, 1.165) is 12.2 Å². The monoisotopic (exact) mass is 300 g/mol. The number of rotatable bonds is 4. The molecule has 0 atom stereocenters. The van der Waals surface area contributed by atoms with Crippen molar-refractivity contribution in [2.45, 2.75) is 0 Å². The highest BCUT2D eigenvalue weighted by atomic mass is 16.5. The molecule has 1 aromatic carbocycles. The molecule has 0 radical (unpaired) electrons. The molecule has 6 heteroatoms. The number of ether oxygens (including phenoxy) is 2. The maximum Gasteiger partial charge on any atom is 0.343 e. The van der Waals surface area contributed by atoms with Crippen molar-refractivity contribution in [2.75, 3.05) is 7.11 Å². The van der Waals surface area contributed by atoms with Crippen molar-refractivity contribution >= 4 is 29.0 Å². The predicted octanol–water partition coefficient (Wildman–Crippen LogP) is 2.07. The Labute approximate surface area is 125 Å². The summed E-state index contributed by atoms with van der Waals surface area (Å²) in [5, 5.41) is 0.441. The minimum absolute atomic E-state index is 0.198. The summed E-state index contributed by atoms with van der Waals surface area (Å²) in [5.74, 6) is -1.23. The molecule has 2 aromatic rings. The van der Waals surface area contributed by atoms with Crippen molar-refractivity contribution < 1.29 is 23.5 Å². The smallest absolute Gasteiger partial charge is 0.343 e. The second-order valence-electron chi connectivity index (χ2n) is 4.14. The Morgan fingerprint density at radius 1 is 1.23 bits per heavy atom. The van der Waals surface area contributed by atoms with Gasteiger partial charge >= 0.3 is 17.6 Å². The van der Waals surface area contributed by atoms with Crippen LogP contribution in [0.5, 0.6) is 5.75 Å². The van der Waals surface area contributed by atoms with Gasteiger partial charge in [-0.2, -0.15) is 0 Å². The van der Waals surface area contributed by atoms with E-state index < -0.39 is 17.6 Å². The van der Waals surface area contributed by atoms with E-state index in [1.54, 1.807) is 18.2 Å². The van der Waals surface area contributed by atoms with Gasteiger partial charge < -0.3 is 13.9 Å². The minimum atomic E-state index is -0.760. The molecule has 0 aliphatic heterocycles. The molecule has 2 rings (SSSR count). The molecule has 0 saturated heterocycles. The second-order valence-corrected chi connectivity index (χ2v) is 4.14. The van der Waals surface area contributed by atoms with Crippen molar-refractivity contribution in [3.63, 3.8) is 0 Å². The molecule has 0 unspecified atom stereocenters. The molecule has 1 heterocycles. The van der Waals surface area contributed by atoms with Crippen molar-refractivity contribution in [2.24, 2.45) is 0 Å². The fourth-order valence-electron chi connectivity index (χ4n) is 1.71. The van der Waals surface area contributed by atoms with E-state index in [4.69, 9.17) is 9.15 Å². The Morgan fingerprint density at radius 3 is 2.64 bits per heavy atom. The highest BCUT2D eigenvalue weighted by Crippen LogP contribution is 2.25. The molecule has 0 fully saturated rings. The Balaban J connectivity index is 2.37. The van der Waals surface area contributed by atoms with Gasteiger partial charge in [0.05, 0.1) is 18.1 Å². The number of benzene rings is 1. The number of carbonyl (C=O) groups excluding carboxylic acids is 2. The number of hydrogen-bond donors (Lipinski definition) is 0. The summed E-state index contributed by atoms with van der Waals surface area (Å²) in [7, 11) is 1.20. The number of carbonyl (C=O) groups is 2. The summed E-state index contributed by atoms with van der Waals surface area (Å²) in [4.78, 5) is 34.2. The van der Waals surface area contributed by atoms with Crippen LogP contribution in [0.25, 0.3) is 17.0 Å². The van der Waals surface area contributed by atoms with Gasteiger partial charge in [-0.25, -0.2) is 14.4 Å². The SMILES string of the molecule is C=Cc1cc2c(OC(=O)/C=C/C(=O)OC)cccc2oc1=O. The van der Waals surface area contributed by atoms with Crippen molar-refractivity contribution in [1.29, 1.82) is 0 Å². The molecule has 0 bridgehead atoms. The normalized spacial score (nSPS) is 10.6. The summed E-state index contributed by atoms with van der Waals surface area (Å²) in [6.45, 7) is 3.52. The third-order valence-corrected chi connectivity index (χ3v) is 2.75. The largest absolute Gasteiger partial charge is 0.466 e. The molecule has 0 amide bonds. The van der Waals surface area contributed by atoms with Crippen LogP contribution in [0.15, 0.2) is 52.2 Å². The molecule has 0 saturated carbocycles. The first-order chi connectivity index (χ1) is 10.5. The van der Waals surface area contributed by atoms with E-state index in [0.29, 0.717) is 5.39 Å². The summed E-state index contributed by atoms with van der Waals surface area (Å²) >= 11 is 0. The Kier molecular flexibility index (Phi) is 4.53. The van der Waals surface area contributed by atoms with Gasteiger partial charge in [0, 0.05) is 12.2 Å². The van der Waals surface area contributed by atoms with Crippen LogP contribution >= 0.6 is 0 Å². The van der Waals surface area contributed by atoms with Crippen LogP contribution in [0.4, 0.5) is 0 Å². The Bertz CT molecular complexity index is 828. The third-order valence-electron chi connectivity index (χ3n) is 2.75. The lowest BCUT2D eigenvalue weighted by atomic mass is 10.1. The van der Waals surface area contributed by atoms with Crippen LogP contribution in [-0.2, 0) is 14.3 Å². The van der Waals surface area contributed by atoms with E-state index >= 15 is 0 Å². The lowest BCUT2D eigenvalue weighted by Gasteiger charge is -2.05. The molecule has 6 nitrogen and oxygen atoms in total. The molecule has 22 heavy (non-hydrogen) atoms. The van der Waals surface area contributed by atoms with Gasteiger partial charge in [0.1, 0.15) is 11.3 Å². The van der Waals surface area contributed by atoms with Gasteiger partial charge in [-0.05, 0) is 18.2 Å². The van der Waals surface area contributed by atoms with E-state index in [1.807, 2.05) is 0 Å². The summed E-state index contributed by atoms with van der Waals surface area (Å²) in [6, 6.07) is 6.20. The first-order valence-electron chi connectivity index (χ1n) is 6.22. The number of esters is 2. The highest BCUT2D eigenvalue weighted by molar-refractivity contribution is 5.94. The molecular weight excluding hydrogens is 288 g/mol. The quantitative estimate of drug-likeness (QED) is 0.372. The highest BCUT2D eigenvalue weighted by Gasteiger charge is 2.10. The number of fused-ring (bicyclic) bond motifs is 1. The molecule has 0 aliphatic rings. The lowest BCUT2D eigenvalue weighted by molar-refractivity contribution is -0.135. The third kappa shape index (κ3) is 3.29. The van der Waals surface area contributed by atoms with Crippen LogP contribution in [0, 0.1) is 0 Å². The van der Waals surface area contributed by atoms with Crippen LogP contribution in [0.3, 0.4) is 0 Å². The first-order valence-corrected chi connectivity index (χ1v) is 6.22. The zero-order valence-corrected chi connectivity index (χ0v) is 11.7. The maximum atomic E-state index is 11.7. The molecule has 0 aliphatic carbocycles. The zero-order valence-electron chi connectivity index (χ0n) is 11.7. The average Bonchev–Trinajstić information content (AvgIpc) is 2.52. The fourth-order valence-corrected chi connectivity index (χ4v) is 1.71. The average molecular weight is 300 g/mol. The Hall–Kier alpha value is -3.15. The molecule has 0 N–H and O–H groups in total. The number of hydrogen-bond acceptors (Lipinski definition) is 6. The minimum Gasteiger partial charge on any atom is -0.466 e. The standard InChI is InChI=1S/C16H12O6/c1-3-10-9-11-12(5-4-6-13(11)22-16(10)19)21-15(18)8-7-14(17)20-2/h3-9H,1H2,2H3/b8-7+. The first kappa shape index (κ1) is 15.2. The topological polar surface area (TPSA) is 82.8 Å².